The van der Waals surface area contributed by atoms with Crippen molar-refractivity contribution in [2.75, 3.05) is 13.7 Å². The number of aryl methyl sites for hydroxylation is 3. The Hall–Kier alpha value is -2.23. The Morgan fingerprint density at radius 3 is 2.55 bits per heavy atom. The Labute approximate surface area is 131 Å². The zero-order chi connectivity index (χ0) is 16.3. The lowest BCUT2D eigenvalue weighted by molar-refractivity contribution is -0.132. The Morgan fingerprint density at radius 1 is 1.18 bits per heavy atom. The summed E-state index contributed by atoms with van der Waals surface area (Å²) in [6, 6.07) is 7.85. The predicted molar refractivity (Wildman–Crippen MR) is 86.1 cm³/mol. The average Bonchev–Trinajstić information content (AvgIpc) is 2.86. The Kier molecular flexibility index (Phi) is 4.91. The van der Waals surface area contributed by atoms with Crippen LogP contribution in [0.5, 0.6) is 5.75 Å². The normalized spacial score (nSPS) is 10.6. The van der Waals surface area contributed by atoms with E-state index < -0.39 is 0 Å². The molecule has 0 radical (unpaired) electrons. The lowest BCUT2D eigenvalue weighted by Gasteiger charge is -2.17. The van der Waals surface area contributed by atoms with Crippen molar-refractivity contribution in [3.63, 3.8) is 0 Å². The van der Waals surface area contributed by atoms with E-state index in [4.69, 9.17) is 9.15 Å². The van der Waals surface area contributed by atoms with Crippen LogP contribution in [0.4, 0.5) is 0 Å². The van der Waals surface area contributed by atoms with Crippen molar-refractivity contribution in [2.45, 2.75) is 34.2 Å². The molecule has 0 aliphatic carbocycles. The van der Waals surface area contributed by atoms with Gasteiger partial charge in [0, 0.05) is 7.05 Å². The van der Waals surface area contributed by atoms with Crippen molar-refractivity contribution >= 4 is 5.91 Å². The summed E-state index contributed by atoms with van der Waals surface area (Å²) in [6.07, 6.45) is 0. The number of amides is 1. The van der Waals surface area contributed by atoms with Crippen molar-refractivity contribution < 1.29 is 13.9 Å². The molecule has 4 heteroatoms. The van der Waals surface area contributed by atoms with Crippen molar-refractivity contribution in [2.24, 2.45) is 0 Å². The van der Waals surface area contributed by atoms with Gasteiger partial charge in [-0.3, -0.25) is 4.79 Å². The minimum atomic E-state index is -0.0763. The molecule has 0 unspecified atom stereocenters. The molecule has 1 aromatic carbocycles. The van der Waals surface area contributed by atoms with Gasteiger partial charge in [-0.25, -0.2) is 0 Å². The Morgan fingerprint density at radius 2 is 1.91 bits per heavy atom. The third kappa shape index (κ3) is 3.91. The number of carbonyl (C=O) groups is 1. The maximum Gasteiger partial charge on any atom is 0.260 e. The van der Waals surface area contributed by atoms with Gasteiger partial charge in [-0.15, -0.1) is 0 Å². The number of hydrogen-bond acceptors (Lipinski definition) is 3. The van der Waals surface area contributed by atoms with Crippen LogP contribution in [0.2, 0.25) is 0 Å². The van der Waals surface area contributed by atoms with E-state index in [0.29, 0.717) is 6.54 Å². The molecule has 0 atom stereocenters. The number of hydrogen-bond donors (Lipinski definition) is 0. The first-order valence-corrected chi connectivity index (χ1v) is 7.36. The smallest absolute Gasteiger partial charge is 0.260 e. The fourth-order valence-electron chi connectivity index (χ4n) is 2.29. The number of rotatable bonds is 5. The summed E-state index contributed by atoms with van der Waals surface area (Å²) in [6.45, 7) is 8.43. The molecule has 1 heterocycles. The van der Waals surface area contributed by atoms with Crippen LogP contribution < -0.4 is 4.74 Å². The molecule has 118 valence electrons. The van der Waals surface area contributed by atoms with Crippen LogP contribution >= 0.6 is 0 Å². The average molecular weight is 301 g/mol. The SMILES string of the molecule is Cc1cc(C)c(C)c(OCC(=O)N(C)Cc2ccc(C)o2)c1. The highest BCUT2D eigenvalue weighted by Gasteiger charge is 2.13. The highest BCUT2D eigenvalue weighted by Crippen LogP contribution is 2.23. The van der Waals surface area contributed by atoms with Gasteiger partial charge < -0.3 is 14.1 Å². The van der Waals surface area contributed by atoms with Gasteiger partial charge in [-0.05, 0) is 62.6 Å². The molecule has 0 spiro atoms. The highest BCUT2D eigenvalue weighted by atomic mass is 16.5. The van der Waals surface area contributed by atoms with Gasteiger partial charge in [0.05, 0.1) is 6.54 Å². The van der Waals surface area contributed by atoms with Crippen molar-refractivity contribution in [1.29, 1.82) is 0 Å². The molecular weight excluding hydrogens is 278 g/mol. The Bertz CT molecular complexity index is 673. The molecular formula is C18H23NO3. The maximum atomic E-state index is 12.2. The van der Waals surface area contributed by atoms with Crippen LogP contribution in [0, 0.1) is 27.7 Å². The third-order valence-corrected chi connectivity index (χ3v) is 3.73. The van der Waals surface area contributed by atoms with Crippen molar-refractivity contribution in [3.05, 3.63) is 52.5 Å². The molecule has 22 heavy (non-hydrogen) atoms. The number of ether oxygens (including phenoxy) is 1. The molecule has 0 fully saturated rings. The molecule has 2 rings (SSSR count). The summed E-state index contributed by atoms with van der Waals surface area (Å²) in [5.41, 5.74) is 3.37. The number of nitrogens with zero attached hydrogens (tertiary/aromatic N) is 1. The lowest BCUT2D eigenvalue weighted by Crippen LogP contribution is -2.30. The van der Waals surface area contributed by atoms with Crippen LogP contribution in [0.3, 0.4) is 0 Å². The summed E-state index contributed by atoms with van der Waals surface area (Å²) < 4.78 is 11.2. The minimum absolute atomic E-state index is 0.0277. The van der Waals surface area contributed by atoms with Gasteiger partial charge >= 0.3 is 0 Å². The van der Waals surface area contributed by atoms with Gasteiger partial charge in [-0.2, -0.15) is 0 Å². The molecule has 1 aromatic heterocycles. The molecule has 0 bridgehead atoms. The second-order valence-electron chi connectivity index (χ2n) is 5.76. The topological polar surface area (TPSA) is 42.7 Å². The number of carbonyl (C=O) groups excluding carboxylic acids is 1. The Balaban J connectivity index is 1.95. The van der Waals surface area contributed by atoms with Crippen LogP contribution in [0.1, 0.15) is 28.2 Å². The van der Waals surface area contributed by atoms with E-state index in [1.54, 1.807) is 11.9 Å². The zero-order valence-corrected chi connectivity index (χ0v) is 13.9. The number of likely N-dealkylation sites (N-methyl/N-ethyl adjacent to an activating group) is 1. The number of benzene rings is 1. The predicted octanol–water partition coefficient (Wildman–Crippen LogP) is 3.55. The van der Waals surface area contributed by atoms with E-state index in [1.807, 2.05) is 45.9 Å². The second kappa shape index (κ2) is 6.69. The standard InChI is InChI=1S/C18H23NO3/c1-12-8-13(2)15(4)17(9-12)21-11-18(20)19(5)10-16-7-6-14(3)22-16/h6-9H,10-11H2,1-5H3. The van der Waals surface area contributed by atoms with Gasteiger partial charge in [0.2, 0.25) is 0 Å². The van der Waals surface area contributed by atoms with Crippen molar-refractivity contribution in [3.8, 4) is 5.75 Å². The van der Waals surface area contributed by atoms with Gasteiger partial charge in [0.15, 0.2) is 6.61 Å². The fourth-order valence-corrected chi connectivity index (χ4v) is 2.29. The molecule has 0 saturated heterocycles. The summed E-state index contributed by atoms with van der Waals surface area (Å²) in [5, 5.41) is 0. The monoisotopic (exact) mass is 301 g/mol. The minimum Gasteiger partial charge on any atom is -0.483 e. The maximum absolute atomic E-state index is 12.2. The zero-order valence-electron chi connectivity index (χ0n) is 13.9. The number of furan rings is 1. The third-order valence-electron chi connectivity index (χ3n) is 3.73. The quantitative estimate of drug-likeness (QED) is 0.848. The molecule has 0 aliphatic rings. The van der Waals surface area contributed by atoms with Crippen LogP contribution in [0.15, 0.2) is 28.7 Å². The second-order valence-corrected chi connectivity index (χ2v) is 5.76. The lowest BCUT2D eigenvalue weighted by atomic mass is 10.1. The van der Waals surface area contributed by atoms with Crippen LogP contribution in [-0.2, 0) is 11.3 Å². The molecule has 2 aromatic rings. The van der Waals surface area contributed by atoms with Crippen molar-refractivity contribution in [1.82, 2.24) is 4.90 Å². The van der Waals surface area contributed by atoms with E-state index in [-0.39, 0.29) is 12.5 Å². The van der Waals surface area contributed by atoms with E-state index in [9.17, 15) is 4.79 Å². The molecule has 0 saturated carbocycles. The summed E-state index contributed by atoms with van der Waals surface area (Å²) in [4.78, 5) is 13.8. The molecule has 1 amide bonds. The van der Waals surface area contributed by atoms with Gasteiger partial charge in [0.25, 0.3) is 5.91 Å². The van der Waals surface area contributed by atoms with E-state index >= 15 is 0 Å². The van der Waals surface area contributed by atoms with Crippen LogP contribution in [-0.4, -0.2) is 24.5 Å². The van der Waals surface area contributed by atoms with Gasteiger partial charge in [0.1, 0.15) is 17.3 Å². The summed E-state index contributed by atoms with van der Waals surface area (Å²) in [5.74, 6) is 2.31. The van der Waals surface area contributed by atoms with E-state index in [0.717, 1.165) is 28.4 Å². The van der Waals surface area contributed by atoms with E-state index in [2.05, 4.69) is 6.07 Å². The molecule has 0 aliphatic heterocycles. The molecule has 4 nitrogen and oxygen atoms in total. The highest BCUT2D eigenvalue weighted by molar-refractivity contribution is 5.77. The summed E-state index contributed by atoms with van der Waals surface area (Å²) >= 11 is 0. The van der Waals surface area contributed by atoms with Crippen LogP contribution in [0.25, 0.3) is 0 Å². The summed E-state index contributed by atoms with van der Waals surface area (Å²) in [7, 11) is 1.75. The van der Waals surface area contributed by atoms with E-state index in [1.165, 1.54) is 5.56 Å². The molecule has 0 N–H and O–H groups in total. The first-order chi connectivity index (χ1) is 10.4. The first kappa shape index (κ1) is 16.1. The fraction of sp³-hybridized carbons (Fsp3) is 0.389. The first-order valence-electron chi connectivity index (χ1n) is 7.36. The van der Waals surface area contributed by atoms with Gasteiger partial charge in [-0.1, -0.05) is 6.07 Å². The largest absolute Gasteiger partial charge is 0.483 e.